The van der Waals surface area contributed by atoms with Crippen molar-refractivity contribution in [2.45, 2.75) is 38.0 Å². The van der Waals surface area contributed by atoms with Crippen LogP contribution in [0.15, 0.2) is 30.3 Å². The van der Waals surface area contributed by atoms with Gasteiger partial charge in [-0.05, 0) is 43.1 Å². The summed E-state index contributed by atoms with van der Waals surface area (Å²) in [4.78, 5) is 14.6. The lowest BCUT2D eigenvalue weighted by atomic mass is 9.77. The fraction of sp³-hybridized carbons (Fsp3) is 0.650. The number of nitrogens with zero attached hydrogens (tertiary/aromatic N) is 1. The molecule has 24 heavy (non-hydrogen) atoms. The summed E-state index contributed by atoms with van der Waals surface area (Å²) in [5, 5.41) is 6.47. The van der Waals surface area contributed by atoms with E-state index < -0.39 is 0 Å². The molecule has 4 nitrogen and oxygen atoms in total. The maximum atomic E-state index is 12.2. The van der Waals surface area contributed by atoms with E-state index in [2.05, 4.69) is 45.9 Å². The first-order valence-corrected chi connectivity index (χ1v) is 9.56. The molecule has 0 radical (unpaired) electrons. The monoisotopic (exact) mass is 329 g/mol. The standard InChI is InChI=1S/C20H31N3O/c24-20(22-12-15-23-13-10-21-11-14-23)16-17-6-8-19(9-7-17)18-4-2-1-3-5-18/h1-5,17,19,21H,6-16H2,(H,22,24). The topological polar surface area (TPSA) is 44.4 Å². The second-order valence-electron chi connectivity index (χ2n) is 7.27. The molecule has 1 aliphatic heterocycles. The summed E-state index contributed by atoms with van der Waals surface area (Å²) < 4.78 is 0. The number of rotatable bonds is 6. The van der Waals surface area contributed by atoms with Gasteiger partial charge in [0.2, 0.25) is 5.91 Å². The molecule has 1 saturated heterocycles. The molecule has 0 unspecified atom stereocenters. The highest BCUT2D eigenvalue weighted by molar-refractivity contribution is 5.76. The zero-order chi connectivity index (χ0) is 16.6. The van der Waals surface area contributed by atoms with Crippen LogP contribution in [-0.2, 0) is 4.79 Å². The van der Waals surface area contributed by atoms with E-state index in [0.29, 0.717) is 18.3 Å². The van der Waals surface area contributed by atoms with Gasteiger partial charge in [0.25, 0.3) is 0 Å². The second-order valence-corrected chi connectivity index (χ2v) is 7.27. The van der Waals surface area contributed by atoms with Crippen LogP contribution < -0.4 is 10.6 Å². The number of amides is 1. The Morgan fingerprint density at radius 2 is 1.79 bits per heavy atom. The van der Waals surface area contributed by atoms with E-state index >= 15 is 0 Å². The number of piperazine rings is 1. The van der Waals surface area contributed by atoms with Gasteiger partial charge in [0.05, 0.1) is 0 Å². The van der Waals surface area contributed by atoms with E-state index in [-0.39, 0.29) is 5.91 Å². The lowest BCUT2D eigenvalue weighted by molar-refractivity contribution is -0.122. The van der Waals surface area contributed by atoms with Crippen molar-refractivity contribution in [3.05, 3.63) is 35.9 Å². The highest BCUT2D eigenvalue weighted by atomic mass is 16.1. The van der Waals surface area contributed by atoms with E-state index in [0.717, 1.165) is 39.3 Å². The number of carbonyl (C=O) groups excluding carboxylic acids is 1. The van der Waals surface area contributed by atoms with Crippen LogP contribution in [0.1, 0.15) is 43.6 Å². The molecule has 1 aliphatic carbocycles. The minimum absolute atomic E-state index is 0.244. The average Bonchev–Trinajstić information content (AvgIpc) is 2.64. The van der Waals surface area contributed by atoms with Crippen LogP contribution in [0.5, 0.6) is 0 Å². The molecule has 0 aromatic heterocycles. The van der Waals surface area contributed by atoms with Gasteiger partial charge in [0.15, 0.2) is 0 Å². The van der Waals surface area contributed by atoms with E-state index in [1.54, 1.807) is 0 Å². The fourth-order valence-corrected chi connectivity index (χ4v) is 4.05. The van der Waals surface area contributed by atoms with Crippen LogP contribution in [0, 0.1) is 5.92 Å². The smallest absolute Gasteiger partial charge is 0.220 e. The van der Waals surface area contributed by atoms with Crippen LogP contribution in [0.2, 0.25) is 0 Å². The fourth-order valence-electron chi connectivity index (χ4n) is 4.05. The minimum atomic E-state index is 0.244. The number of benzene rings is 1. The summed E-state index contributed by atoms with van der Waals surface area (Å²) in [5.41, 5.74) is 1.47. The summed E-state index contributed by atoms with van der Waals surface area (Å²) in [6.45, 7) is 6.10. The summed E-state index contributed by atoms with van der Waals surface area (Å²) >= 11 is 0. The summed E-state index contributed by atoms with van der Waals surface area (Å²) in [7, 11) is 0. The minimum Gasteiger partial charge on any atom is -0.355 e. The summed E-state index contributed by atoms with van der Waals surface area (Å²) in [5.74, 6) is 1.51. The quantitative estimate of drug-likeness (QED) is 0.842. The number of nitrogens with one attached hydrogen (secondary N) is 2. The molecule has 2 N–H and O–H groups in total. The van der Waals surface area contributed by atoms with Gasteiger partial charge in [-0.3, -0.25) is 9.69 Å². The van der Waals surface area contributed by atoms with Crippen LogP contribution in [0.3, 0.4) is 0 Å². The molecule has 0 spiro atoms. The van der Waals surface area contributed by atoms with Gasteiger partial charge >= 0.3 is 0 Å². The molecular weight excluding hydrogens is 298 g/mol. The largest absolute Gasteiger partial charge is 0.355 e. The SMILES string of the molecule is O=C(CC1CCC(c2ccccc2)CC1)NCCN1CCNCC1. The van der Waals surface area contributed by atoms with Crippen LogP contribution in [0.4, 0.5) is 0 Å². The first-order chi connectivity index (χ1) is 11.8. The highest BCUT2D eigenvalue weighted by Crippen LogP contribution is 2.36. The Labute approximate surface area is 146 Å². The van der Waals surface area contributed by atoms with Gasteiger partial charge in [-0.1, -0.05) is 30.3 Å². The second kappa shape index (κ2) is 9.19. The molecule has 1 heterocycles. The molecule has 132 valence electrons. The Kier molecular flexibility index (Phi) is 6.67. The third-order valence-electron chi connectivity index (χ3n) is 5.55. The molecule has 2 fully saturated rings. The van der Waals surface area contributed by atoms with Crippen LogP contribution in [0.25, 0.3) is 0 Å². The predicted octanol–water partition coefficient (Wildman–Crippen LogP) is 2.37. The first-order valence-electron chi connectivity index (χ1n) is 9.56. The molecule has 0 bridgehead atoms. The van der Waals surface area contributed by atoms with Crippen molar-refractivity contribution in [2.24, 2.45) is 5.92 Å². The Balaban J connectivity index is 1.31. The van der Waals surface area contributed by atoms with Crippen molar-refractivity contribution in [3.63, 3.8) is 0 Å². The molecular formula is C20H31N3O. The molecule has 1 amide bonds. The van der Waals surface area contributed by atoms with Crippen LogP contribution >= 0.6 is 0 Å². The van der Waals surface area contributed by atoms with Crippen molar-refractivity contribution in [2.75, 3.05) is 39.3 Å². The van der Waals surface area contributed by atoms with Gasteiger partial charge in [-0.25, -0.2) is 0 Å². The Morgan fingerprint density at radius 1 is 1.08 bits per heavy atom. The number of carbonyl (C=O) groups is 1. The van der Waals surface area contributed by atoms with Gasteiger partial charge in [0.1, 0.15) is 0 Å². The lowest BCUT2D eigenvalue weighted by Crippen LogP contribution is -2.46. The molecule has 3 rings (SSSR count). The molecule has 1 aromatic rings. The summed E-state index contributed by atoms with van der Waals surface area (Å²) in [6.07, 6.45) is 5.53. The van der Waals surface area contributed by atoms with Crippen molar-refractivity contribution in [3.8, 4) is 0 Å². The van der Waals surface area contributed by atoms with Crippen molar-refractivity contribution in [1.82, 2.24) is 15.5 Å². The van der Waals surface area contributed by atoms with Crippen molar-refractivity contribution in [1.29, 1.82) is 0 Å². The molecule has 1 saturated carbocycles. The lowest BCUT2D eigenvalue weighted by Gasteiger charge is -2.29. The molecule has 1 aromatic carbocycles. The van der Waals surface area contributed by atoms with Crippen LogP contribution in [-0.4, -0.2) is 50.1 Å². The Morgan fingerprint density at radius 3 is 2.50 bits per heavy atom. The Bertz CT molecular complexity index is 491. The summed E-state index contributed by atoms with van der Waals surface area (Å²) in [6, 6.07) is 10.8. The maximum Gasteiger partial charge on any atom is 0.220 e. The Hall–Kier alpha value is -1.39. The molecule has 0 atom stereocenters. The zero-order valence-electron chi connectivity index (χ0n) is 14.7. The average molecular weight is 329 g/mol. The number of hydrogen-bond acceptors (Lipinski definition) is 3. The van der Waals surface area contributed by atoms with E-state index in [1.807, 2.05) is 0 Å². The van der Waals surface area contributed by atoms with Gasteiger partial charge in [-0.15, -0.1) is 0 Å². The number of hydrogen-bond donors (Lipinski definition) is 2. The van der Waals surface area contributed by atoms with Gasteiger partial charge in [0, 0.05) is 45.7 Å². The zero-order valence-corrected chi connectivity index (χ0v) is 14.7. The third kappa shape index (κ3) is 5.32. The van der Waals surface area contributed by atoms with Crippen molar-refractivity contribution < 1.29 is 4.79 Å². The van der Waals surface area contributed by atoms with Gasteiger partial charge < -0.3 is 10.6 Å². The van der Waals surface area contributed by atoms with Crippen molar-refractivity contribution >= 4 is 5.91 Å². The molecule has 4 heteroatoms. The van der Waals surface area contributed by atoms with E-state index in [1.165, 1.54) is 31.2 Å². The highest BCUT2D eigenvalue weighted by Gasteiger charge is 2.23. The molecule has 2 aliphatic rings. The predicted molar refractivity (Wildman–Crippen MR) is 98.1 cm³/mol. The van der Waals surface area contributed by atoms with E-state index in [4.69, 9.17) is 0 Å². The van der Waals surface area contributed by atoms with Gasteiger partial charge in [-0.2, -0.15) is 0 Å². The third-order valence-corrected chi connectivity index (χ3v) is 5.55. The normalized spacial score (nSPS) is 25.3. The van der Waals surface area contributed by atoms with E-state index in [9.17, 15) is 4.79 Å². The first kappa shape index (κ1) is 17.4. The maximum absolute atomic E-state index is 12.2.